The fourth-order valence-corrected chi connectivity index (χ4v) is 4.32. The number of aromatic nitrogens is 1. The Bertz CT molecular complexity index is 1350. The van der Waals surface area contributed by atoms with Gasteiger partial charge in [0.25, 0.3) is 5.91 Å². The lowest BCUT2D eigenvalue weighted by Gasteiger charge is -2.27. The number of amides is 1. The van der Waals surface area contributed by atoms with E-state index in [0.717, 1.165) is 43.8 Å². The van der Waals surface area contributed by atoms with Crippen LogP contribution in [0.1, 0.15) is 22.8 Å². The zero-order valence-electron chi connectivity index (χ0n) is 20.6. The molecule has 1 aromatic heterocycles. The molecule has 10 heteroatoms. The van der Waals surface area contributed by atoms with Crippen molar-refractivity contribution in [3.8, 4) is 0 Å². The van der Waals surface area contributed by atoms with E-state index in [4.69, 9.17) is 11.6 Å². The van der Waals surface area contributed by atoms with E-state index in [1.165, 1.54) is 18.2 Å². The van der Waals surface area contributed by atoms with Gasteiger partial charge in [0, 0.05) is 85.1 Å². The number of nitrogens with one attached hydrogen (secondary N) is 3. The van der Waals surface area contributed by atoms with Crippen LogP contribution < -0.4 is 16.0 Å². The molecule has 1 aliphatic heterocycles. The fourth-order valence-electron chi connectivity index (χ4n) is 4.15. The highest BCUT2D eigenvalue weighted by atomic mass is 35.5. The van der Waals surface area contributed by atoms with Crippen LogP contribution in [-0.4, -0.2) is 67.5 Å². The van der Waals surface area contributed by atoms with Crippen LogP contribution in [0.15, 0.2) is 70.6 Å². The summed E-state index contributed by atoms with van der Waals surface area (Å²) in [4.78, 5) is 19.5. The van der Waals surface area contributed by atoms with Crippen molar-refractivity contribution in [2.75, 3.05) is 44.6 Å². The molecule has 0 bridgehead atoms. The molecular weight excluding hydrogens is 493 g/mol. The Kier molecular flexibility index (Phi) is 8.95. The van der Waals surface area contributed by atoms with Crippen LogP contribution in [0.3, 0.4) is 0 Å². The van der Waals surface area contributed by atoms with E-state index in [-0.39, 0.29) is 17.2 Å². The third-order valence-electron chi connectivity index (χ3n) is 6.00. The zero-order chi connectivity index (χ0) is 26.2. The summed E-state index contributed by atoms with van der Waals surface area (Å²) in [5.74, 6) is -0.599. The molecule has 37 heavy (non-hydrogen) atoms. The molecule has 0 atom stereocenters. The second kappa shape index (κ2) is 12.5. The molecule has 0 unspecified atom stereocenters. The van der Waals surface area contributed by atoms with Gasteiger partial charge < -0.3 is 16.0 Å². The standard InChI is InChI=1S/C27H29ClFN7O/c1-18(15-26(35-30-2)22-17-20(28)4-6-23(22)29)34-24-7-8-32-25-16-19(3-5-21(24)25)27(37)33-11-14-36-12-9-31-10-13-36/h3-8,15-17,31H,2,9-14H2,1H3,(H,32,34)(H,33,37)/b18-15+,35-26+. The first kappa shape index (κ1) is 26.4. The number of benzene rings is 2. The summed E-state index contributed by atoms with van der Waals surface area (Å²) < 4.78 is 14.4. The van der Waals surface area contributed by atoms with Gasteiger partial charge in [-0.05, 0) is 55.5 Å². The van der Waals surface area contributed by atoms with E-state index in [2.05, 4.69) is 42.8 Å². The summed E-state index contributed by atoms with van der Waals surface area (Å²) in [6, 6.07) is 11.5. The number of piperazine rings is 1. The Labute approximate surface area is 220 Å². The van der Waals surface area contributed by atoms with Crippen LogP contribution in [0.2, 0.25) is 5.02 Å². The molecule has 1 saturated heterocycles. The van der Waals surface area contributed by atoms with E-state index >= 15 is 0 Å². The predicted molar refractivity (Wildman–Crippen MR) is 148 cm³/mol. The molecule has 0 saturated carbocycles. The summed E-state index contributed by atoms with van der Waals surface area (Å²) in [6.45, 7) is 10.6. The van der Waals surface area contributed by atoms with Gasteiger partial charge in [0.05, 0.1) is 11.2 Å². The second-order valence-electron chi connectivity index (χ2n) is 8.64. The first-order valence-electron chi connectivity index (χ1n) is 12.0. The van der Waals surface area contributed by atoms with Crippen molar-refractivity contribution >= 4 is 46.5 Å². The Hall–Kier alpha value is -3.66. The van der Waals surface area contributed by atoms with Crippen LogP contribution >= 0.6 is 11.6 Å². The number of carbonyl (C=O) groups is 1. The maximum atomic E-state index is 14.4. The van der Waals surface area contributed by atoms with Crippen molar-refractivity contribution in [1.29, 1.82) is 0 Å². The van der Waals surface area contributed by atoms with E-state index < -0.39 is 5.82 Å². The summed E-state index contributed by atoms with van der Waals surface area (Å²) >= 11 is 6.05. The van der Waals surface area contributed by atoms with Crippen molar-refractivity contribution in [3.05, 3.63) is 82.4 Å². The Morgan fingerprint density at radius 2 is 2.05 bits per heavy atom. The van der Waals surface area contributed by atoms with E-state index in [1.807, 2.05) is 19.1 Å². The zero-order valence-corrected chi connectivity index (χ0v) is 21.4. The molecular formula is C27H29ClFN7O. The number of rotatable bonds is 9. The number of halogens is 2. The predicted octanol–water partition coefficient (Wildman–Crippen LogP) is 4.08. The van der Waals surface area contributed by atoms with Gasteiger partial charge in [-0.25, -0.2) is 4.39 Å². The maximum absolute atomic E-state index is 14.4. The number of hydrogen-bond acceptors (Lipinski definition) is 7. The number of carbonyl (C=O) groups excluding carboxylic acids is 1. The molecule has 2 aromatic carbocycles. The highest BCUT2D eigenvalue weighted by Gasteiger charge is 2.13. The number of nitrogens with zero attached hydrogens (tertiary/aromatic N) is 4. The van der Waals surface area contributed by atoms with Gasteiger partial charge in [-0.1, -0.05) is 11.6 Å². The van der Waals surface area contributed by atoms with Crippen LogP contribution in [-0.2, 0) is 0 Å². The van der Waals surface area contributed by atoms with Crippen molar-refractivity contribution < 1.29 is 9.18 Å². The lowest BCUT2D eigenvalue weighted by Crippen LogP contribution is -2.46. The van der Waals surface area contributed by atoms with Gasteiger partial charge in [0.1, 0.15) is 5.82 Å². The minimum atomic E-state index is -0.469. The molecule has 192 valence electrons. The van der Waals surface area contributed by atoms with Gasteiger partial charge in [-0.2, -0.15) is 10.2 Å². The summed E-state index contributed by atoms with van der Waals surface area (Å²) in [5.41, 5.74) is 3.18. The number of hydrogen-bond donors (Lipinski definition) is 3. The van der Waals surface area contributed by atoms with Gasteiger partial charge in [-0.15, -0.1) is 0 Å². The van der Waals surface area contributed by atoms with Crippen molar-refractivity contribution in [1.82, 2.24) is 20.5 Å². The molecule has 0 aliphatic carbocycles. The molecule has 2 heterocycles. The molecule has 1 aliphatic rings. The first-order valence-corrected chi connectivity index (χ1v) is 12.4. The van der Waals surface area contributed by atoms with Crippen molar-refractivity contribution in [2.24, 2.45) is 10.2 Å². The fraction of sp³-hybridized carbons (Fsp3) is 0.259. The Morgan fingerprint density at radius 1 is 1.24 bits per heavy atom. The van der Waals surface area contributed by atoms with Crippen LogP contribution in [0.4, 0.5) is 10.1 Å². The summed E-state index contributed by atoms with van der Waals surface area (Å²) in [5, 5.41) is 18.4. The van der Waals surface area contributed by atoms with Gasteiger partial charge in [0.15, 0.2) is 0 Å². The molecule has 3 aromatic rings. The largest absolute Gasteiger partial charge is 0.358 e. The van der Waals surface area contributed by atoms with Gasteiger partial charge in [0.2, 0.25) is 0 Å². The van der Waals surface area contributed by atoms with E-state index in [9.17, 15) is 9.18 Å². The smallest absolute Gasteiger partial charge is 0.251 e. The monoisotopic (exact) mass is 521 g/mol. The molecule has 4 rings (SSSR count). The highest BCUT2D eigenvalue weighted by molar-refractivity contribution is 6.31. The molecule has 1 amide bonds. The van der Waals surface area contributed by atoms with Crippen molar-refractivity contribution in [3.63, 3.8) is 0 Å². The Balaban J connectivity index is 1.48. The molecule has 0 spiro atoms. The number of anilines is 1. The van der Waals surface area contributed by atoms with E-state index in [1.54, 1.807) is 24.4 Å². The number of allylic oxidation sites excluding steroid dienone is 2. The van der Waals surface area contributed by atoms with Crippen LogP contribution in [0.25, 0.3) is 10.9 Å². The van der Waals surface area contributed by atoms with E-state index in [0.29, 0.717) is 28.3 Å². The number of pyridine rings is 1. The second-order valence-corrected chi connectivity index (χ2v) is 9.08. The summed E-state index contributed by atoms with van der Waals surface area (Å²) in [7, 11) is 0. The van der Waals surface area contributed by atoms with Crippen LogP contribution in [0, 0.1) is 5.82 Å². The third kappa shape index (κ3) is 6.97. The van der Waals surface area contributed by atoms with Gasteiger partial charge >= 0.3 is 0 Å². The van der Waals surface area contributed by atoms with Crippen LogP contribution in [0.5, 0.6) is 0 Å². The average molecular weight is 522 g/mol. The Morgan fingerprint density at radius 3 is 2.84 bits per heavy atom. The number of fused-ring (bicyclic) bond motifs is 1. The topological polar surface area (TPSA) is 94.0 Å². The quantitative estimate of drug-likeness (QED) is 0.291. The highest BCUT2D eigenvalue weighted by Crippen LogP contribution is 2.24. The lowest BCUT2D eigenvalue weighted by atomic mass is 10.1. The maximum Gasteiger partial charge on any atom is 0.251 e. The molecule has 8 nitrogen and oxygen atoms in total. The molecule has 0 radical (unpaired) electrons. The average Bonchev–Trinajstić information content (AvgIpc) is 2.90. The lowest BCUT2D eigenvalue weighted by molar-refractivity contribution is 0.0947. The molecule has 3 N–H and O–H groups in total. The third-order valence-corrected chi connectivity index (χ3v) is 6.23. The minimum absolute atomic E-state index is 0.130. The molecule has 1 fully saturated rings. The normalized spacial score (nSPS) is 15.0. The SMILES string of the molecule is C=N/N=C(\C=C(/C)Nc1ccnc2cc(C(=O)NCCN3CCNCC3)ccc12)c1cc(Cl)ccc1F. The first-order chi connectivity index (χ1) is 17.9. The summed E-state index contributed by atoms with van der Waals surface area (Å²) in [6.07, 6.45) is 3.33. The van der Waals surface area contributed by atoms with Crippen molar-refractivity contribution in [2.45, 2.75) is 6.92 Å². The van der Waals surface area contributed by atoms with Gasteiger partial charge in [-0.3, -0.25) is 14.7 Å². The minimum Gasteiger partial charge on any atom is -0.358 e.